The van der Waals surface area contributed by atoms with Crippen LogP contribution in [0.2, 0.25) is 0 Å². The lowest BCUT2D eigenvalue weighted by Crippen LogP contribution is -3.00. The number of aromatic nitrogens is 1. The van der Waals surface area contributed by atoms with Crippen LogP contribution in [0.15, 0.2) is 34.8 Å². The van der Waals surface area contributed by atoms with Crippen LogP contribution in [-0.4, -0.2) is 41.0 Å². The average molecular weight is 428 g/mol. The molecule has 0 aliphatic heterocycles. The molecule has 0 fully saturated rings. The zero-order valence-corrected chi connectivity index (χ0v) is 18.1. The highest BCUT2D eigenvalue weighted by molar-refractivity contribution is 9.10. The number of likely N-dealkylation sites (N-methyl/N-ethyl adjacent to an activating group) is 1. The Hall–Kier alpha value is -1.10. The van der Waals surface area contributed by atoms with Crippen LogP contribution in [0.3, 0.4) is 0 Å². The molecule has 0 atom stereocenters. The fourth-order valence-corrected chi connectivity index (χ4v) is 3.69. The summed E-state index contributed by atoms with van der Waals surface area (Å²) in [5, 5.41) is 0. The van der Waals surface area contributed by atoms with Gasteiger partial charge in [0.25, 0.3) is 0 Å². The molecule has 1 aromatic carbocycles. The van der Waals surface area contributed by atoms with Crippen molar-refractivity contribution in [2.24, 2.45) is 0 Å². The van der Waals surface area contributed by atoms with Crippen molar-refractivity contribution in [3.8, 4) is 5.69 Å². The first-order valence-corrected chi connectivity index (χ1v) is 9.50. The number of quaternary nitrogens is 1. The third-order valence-electron chi connectivity index (χ3n) is 5.31. The number of rotatable bonds is 7. The normalized spacial score (nSPS) is 11.3. The Bertz CT molecular complexity index is 710. The molecular formula is C20H28BrClN2O. The van der Waals surface area contributed by atoms with Gasteiger partial charge in [0.2, 0.25) is 5.78 Å². The summed E-state index contributed by atoms with van der Waals surface area (Å²) in [4.78, 5) is 13.0. The average Bonchev–Trinajstić information content (AvgIpc) is 2.88. The molecule has 0 bridgehead atoms. The van der Waals surface area contributed by atoms with E-state index in [-0.39, 0.29) is 18.2 Å². The van der Waals surface area contributed by atoms with Gasteiger partial charge in [-0.05, 0) is 65.0 Å². The molecule has 0 aliphatic rings. The molecule has 2 aromatic rings. The lowest BCUT2D eigenvalue weighted by molar-refractivity contribution is -0.915. The third kappa shape index (κ3) is 4.55. The molecule has 0 spiro atoms. The van der Waals surface area contributed by atoms with Crippen LogP contribution in [0, 0.1) is 13.8 Å². The van der Waals surface area contributed by atoms with Gasteiger partial charge in [-0.15, -0.1) is 0 Å². The van der Waals surface area contributed by atoms with Crippen molar-refractivity contribution in [1.82, 2.24) is 4.57 Å². The number of carbonyl (C=O) groups excluding carboxylic acids is 1. The van der Waals surface area contributed by atoms with Crippen molar-refractivity contribution in [1.29, 1.82) is 0 Å². The van der Waals surface area contributed by atoms with Crippen LogP contribution in [-0.2, 0) is 0 Å². The number of ketones is 1. The largest absolute Gasteiger partial charge is 1.00 e. The Labute approximate surface area is 166 Å². The molecule has 0 saturated carbocycles. The van der Waals surface area contributed by atoms with E-state index in [0.717, 1.165) is 51.2 Å². The second kappa shape index (κ2) is 9.02. The Morgan fingerprint density at radius 1 is 1.04 bits per heavy atom. The van der Waals surface area contributed by atoms with Crippen LogP contribution in [0.1, 0.15) is 42.5 Å². The SMILES string of the molecule is CC[N+](CC)(CC)CC(=O)c1cc(C)n(-c2ccc(Br)cc2)c1C.[Cl-]. The van der Waals surface area contributed by atoms with Crippen molar-refractivity contribution < 1.29 is 21.7 Å². The van der Waals surface area contributed by atoms with E-state index in [0.29, 0.717) is 6.54 Å². The van der Waals surface area contributed by atoms with Gasteiger partial charge in [-0.1, -0.05) is 15.9 Å². The summed E-state index contributed by atoms with van der Waals surface area (Å²) in [7, 11) is 0. The Kier molecular flexibility index (Phi) is 7.91. The maximum absolute atomic E-state index is 13.0. The summed E-state index contributed by atoms with van der Waals surface area (Å²) in [6.45, 7) is 14.2. The minimum atomic E-state index is 0. The Morgan fingerprint density at radius 3 is 2.04 bits per heavy atom. The van der Waals surface area contributed by atoms with Crippen LogP contribution in [0.5, 0.6) is 0 Å². The molecule has 0 unspecified atom stereocenters. The predicted octanol–water partition coefficient (Wildman–Crippen LogP) is 1.92. The number of aryl methyl sites for hydroxylation is 1. The number of hydrogen-bond acceptors (Lipinski definition) is 1. The molecule has 25 heavy (non-hydrogen) atoms. The van der Waals surface area contributed by atoms with Crippen molar-refractivity contribution >= 4 is 21.7 Å². The van der Waals surface area contributed by atoms with Crippen molar-refractivity contribution in [3.63, 3.8) is 0 Å². The molecule has 0 N–H and O–H groups in total. The van der Waals surface area contributed by atoms with E-state index in [1.807, 2.05) is 25.1 Å². The molecule has 3 nitrogen and oxygen atoms in total. The van der Waals surface area contributed by atoms with E-state index in [9.17, 15) is 4.79 Å². The molecule has 5 heteroatoms. The maximum Gasteiger partial charge on any atom is 0.218 e. The molecule has 1 heterocycles. The first-order chi connectivity index (χ1) is 11.4. The summed E-state index contributed by atoms with van der Waals surface area (Å²) >= 11 is 3.47. The number of halogens is 2. The van der Waals surface area contributed by atoms with Crippen LogP contribution in [0.25, 0.3) is 5.69 Å². The first kappa shape index (κ1) is 21.9. The monoisotopic (exact) mass is 426 g/mol. The molecule has 0 radical (unpaired) electrons. The highest BCUT2D eigenvalue weighted by Gasteiger charge is 2.27. The molecule has 138 valence electrons. The summed E-state index contributed by atoms with van der Waals surface area (Å²) < 4.78 is 4.07. The minimum Gasteiger partial charge on any atom is -1.00 e. The molecule has 0 aliphatic carbocycles. The quantitative estimate of drug-likeness (QED) is 0.489. The van der Waals surface area contributed by atoms with E-state index in [2.05, 4.69) is 60.3 Å². The second-order valence-corrected chi connectivity index (χ2v) is 7.38. The van der Waals surface area contributed by atoms with E-state index in [4.69, 9.17) is 0 Å². The fourth-order valence-electron chi connectivity index (χ4n) is 3.43. The van der Waals surface area contributed by atoms with E-state index < -0.39 is 0 Å². The number of carbonyl (C=O) groups is 1. The van der Waals surface area contributed by atoms with Crippen LogP contribution in [0.4, 0.5) is 0 Å². The van der Waals surface area contributed by atoms with Crippen molar-refractivity contribution in [2.75, 3.05) is 26.2 Å². The summed E-state index contributed by atoms with van der Waals surface area (Å²) in [5.74, 6) is 0.247. The Balaban J connectivity index is 0.00000312. The zero-order chi connectivity index (χ0) is 17.9. The molecule has 0 amide bonds. The van der Waals surface area contributed by atoms with Crippen molar-refractivity contribution in [3.05, 3.63) is 51.8 Å². The van der Waals surface area contributed by atoms with Gasteiger partial charge in [-0.2, -0.15) is 0 Å². The number of nitrogens with zero attached hydrogens (tertiary/aromatic N) is 2. The van der Waals surface area contributed by atoms with E-state index in [1.165, 1.54) is 0 Å². The standard InChI is InChI=1S/C20H28BrN2O.ClH/c1-6-23(7-2,8-3)14-20(24)19-13-15(4)22(16(19)5)18-11-9-17(21)10-12-18;/h9-13H,6-8,14H2,1-5H3;1H/q+1;/p-1. The highest BCUT2D eigenvalue weighted by atomic mass is 79.9. The fraction of sp³-hybridized carbons (Fsp3) is 0.450. The van der Waals surface area contributed by atoms with Gasteiger partial charge in [-0.3, -0.25) is 4.79 Å². The lowest BCUT2D eigenvalue weighted by Gasteiger charge is -2.35. The van der Waals surface area contributed by atoms with Gasteiger partial charge in [0.1, 0.15) is 6.54 Å². The van der Waals surface area contributed by atoms with E-state index in [1.54, 1.807) is 0 Å². The summed E-state index contributed by atoms with van der Waals surface area (Å²) in [6, 6.07) is 10.2. The third-order valence-corrected chi connectivity index (χ3v) is 5.84. The van der Waals surface area contributed by atoms with Crippen LogP contribution >= 0.6 is 15.9 Å². The van der Waals surface area contributed by atoms with Gasteiger partial charge in [0.15, 0.2) is 0 Å². The second-order valence-electron chi connectivity index (χ2n) is 6.47. The summed E-state index contributed by atoms with van der Waals surface area (Å²) in [5.41, 5.74) is 4.07. The minimum absolute atomic E-state index is 0. The van der Waals surface area contributed by atoms with E-state index >= 15 is 0 Å². The van der Waals surface area contributed by atoms with Gasteiger partial charge < -0.3 is 21.5 Å². The number of benzene rings is 1. The smallest absolute Gasteiger partial charge is 0.218 e. The van der Waals surface area contributed by atoms with Crippen molar-refractivity contribution in [2.45, 2.75) is 34.6 Å². The molecule has 1 aromatic heterocycles. The van der Waals surface area contributed by atoms with Gasteiger partial charge >= 0.3 is 0 Å². The topological polar surface area (TPSA) is 22.0 Å². The first-order valence-electron chi connectivity index (χ1n) is 8.70. The zero-order valence-electron chi connectivity index (χ0n) is 15.8. The van der Waals surface area contributed by atoms with Gasteiger partial charge in [0, 0.05) is 27.1 Å². The molecule has 0 saturated heterocycles. The summed E-state index contributed by atoms with van der Waals surface area (Å²) in [6.07, 6.45) is 0. The Morgan fingerprint density at radius 2 is 1.56 bits per heavy atom. The predicted molar refractivity (Wildman–Crippen MR) is 104 cm³/mol. The highest BCUT2D eigenvalue weighted by Crippen LogP contribution is 2.23. The molecule has 2 rings (SSSR count). The molecular weight excluding hydrogens is 400 g/mol. The number of hydrogen-bond donors (Lipinski definition) is 0. The number of Topliss-reactive ketones (excluding diaryl/α,β-unsaturated/α-hetero) is 1. The lowest BCUT2D eigenvalue weighted by atomic mass is 10.1. The van der Waals surface area contributed by atoms with Crippen LogP contribution < -0.4 is 12.4 Å². The van der Waals surface area contributed by atoms with Gasteiger partial charge in [0.05, 0.1) is 19.6 Å². The maximum atomic E-state index is 13.0. The van der Waals surface area contributed by atoms with Gasteiger partial charge in [-0.25, -0.2) is 0 Å².